The normalized spacial score (nSPS) is 19.6. The van der Waals surface area contributed by atoms with Crippen molar-refractivity contribution in [2.45, 2.75) is 46.1 Å². The highest BCUT2D eigenvalue weighted by Crippen LogP contribution is 2.20. The van der Waals surface area contributed by atoms with Crippen LogP contribution in [0.2, 0.25) is 0 Å². The molecule has 6 heteroatoms. The average molecular weight is 284 g/mol. The highest BCUT2D eigenvalue weighted by atomic mass is 16.4. The minimum absolute atomic E-state index is 0.00473. The Bertz CT molecular complexity index is 404. The summed E-state index contributed by atoms with van der Waals surface area (Å²) in [4.78, 5) is 36.4. The molecule has 1 atom stereocenters. The lowest BCUT2D eigenvalue weighted by atomic mass is 9.98. The van der Waals surface area contributed by atoms with Gasteiger partial charge in [0.2, 0.25) is 11.8 Å². The summed E-state index contributed by atoms with van der Waals surface area (Å²) in [5.41, 5.74) is -0.808. The van der Waals surface area contributed by atoms with Crippen molar-refractivity contribution in [2.24, 2.45) is 11.8 Å². The third-order valence-electron chi connectivity index (χ3n) is 3.23. The number of nitrogens with zero attached hydrogens (tertiary/aromatic N) is 1. The van der Waals surface area contributed by atoms with Crippen molar-refractivity contribution >= 4 is 17.8 Å². The zero-order chi connectivity index (χ0) is 15.5. The molecule has 0 bridgehead atoms. The largest absolute Gasteiger partial charge is 0.481 e. The zero-order valence-corrected chi connectivity index (χ0v) is 12.6. The highest BCUT2D eigenvalue weighted by molar-refractivity contribution is 5.89. The molecular formula is C14H24N2O4. The van der Waals surface area contributed by atoms with Gasteiger partial charge in [-0.2, -0.15) is 0 Å². The molecule has 1 aliphatic heterocycles. The minimum Gasteiger partial charge on any atom is -0.481 e. The first-order valence-corrected chi connectivity index (χ1v) is 6.92. The van der Waals surface area contributed by atoms with Gasteiger partial charge in [-0.05, 0) is 19.8 Å². The van der Waals surface area contributed by atoms with Crippen LogP contribution in [0.25, 0.3) is 0 Å². The summed E-state index contributed by atoms with van der Waals surface area (Å²) in [6.45, 7) is 8.46. The fourth-order valence-corrected chi connectivity index (χ4v) is 2.42. The summed E-state index contributed by atoms with van der Waals surface area (Å²) in [6.07, 6.45) is 0.0663. The quantitative estimate of drug-likeness (QED) is 0.757. The Morgan fingerprint density at radius 1 is 1.45 bits per heavy atom. The molecule has 2 N–H and O–H groups in total. The molecule has 6 nitrogen and oxygen atoms in total. The van der Waals surface area contributed by atoms with Gasteiger partial charge in [0, 0.05) is 25.0 Å². The average Bonchev–Trinajstić information content (AvgIpc) is 2.56. The van der Waals surface area contributed by atoms with Crippen LogP contribution in [0.15, 0.2) is 0 Å². The number of hydrogen-bond acceptors (Lipinski definition) is 3. The van der Waals surface area contributed by atoms with Gasteiger partial charge in [-0.15, -0.1) is 0 Å². The molecule has 1 rings (SSSR count). The SMILES string of the molecule is CC(C)CN1CC(C(=O)NC(C)(C)CC(=O)O)CC1=O. The minimum atomic E-state index is -0.959. The van der Waals surface area contributed by atoms with E-state index in [1.165, 1.54) is 0 Å². The van der Waals surface area contributed by atoms with Gasteiger partial charge in [0.05, 0.1) is 12.3 Å². The summed E-state index contributed by atoms with van der Waals surface area (Å²) in [7, 11) is 0. The summed E-state index contributed by atoms with van der Waals surface area (Å²) in [5.74, 6) is -1.22. The number of hydrogen-bond donors (Lipinski definition) is 2. The van der Waals surface area contributed by atoms with Crippen LogP contribution in [0.3, 0.4) is 0 Å². The molecule has 0 aliphatic carbocycles. The van der Waals surface area contributed by atoms with Crippen LogP contribution in [0.4, 0.5) is 0 Å². The first-order chi connectivity index (χ1) is 9.10. The molecule has 1 heterocycles. The van der Waals surface area contributed by atoms with Crippen LogP contribution in [-0.4, -0.2) is 46.4 Å². The number of carbonyl (C=O) groups is 3. The lowest BCUT2D eigenvalue weighted by molar-refractivity contribution is -0.139. The highest BCUT2D eigenvalue weighted by Gasteiger charge is 2.36. The van der Waals surface area contributed by atoms with E-state index in [0.717, 1.165) is 0 Å². The molecule has 20 heavy (non-hydrogen) atoms. The van der Waals surface area contributed by atoms with Gasteiger partial charge in [-0.25, -0.2) is 0 Å². The molecule has 1 unspecified atom stereocenters. The molecule has 0 saturated carbocycles. The van der Waals surface area contributed by atoms with Gasteiger partial charge in [-0.1, -0.05) is 13.8 Å². The number of amides is 2. The van der Waals surface area contributed by atoms with Gasteiger partial charge in [0.1, 0.15) is 0 Å². The van der Waals surface area contributed by atoms with Crippen LogP contribution in [-0.2, 0) is 14.4 Å². The fourth-order valence-electron chi connectivity index (χ4n) is 2.42. The fraction of sp³-hybridized carbons (Fsp3) is 0.786. The van der Waals surface area contributed by atoms with Crippen LogP contribution in [0, 0.1) is 11.8 Å². The molecule has 1 aliphatic rings. The predicted molar refractivity (Wildman–Crippen MR) is 74.0 cm³/mol. The van der Waals surface area contributed by atoms with Crippen molar-refractivity contribution in [3.8, 4) is 0 Å². The number of carbonyl (C=O) groups excluding carboxylic acids is 2. The van der Waals surface area contributed by atoms with E-state index in [0.29, 0.717) is 19.0 Å². The van der Waals surface area contributed by atoms with Gasteiger partial charge >= 0.3 is 5.97 Å². The molecule has 1 saturated heterocycles. The van der Waals surface area contributed by atoms with Gasteiger partial charge in [0.15, 0.2) is 0 Å². The molecule has 0 radical (unpaired) electrons. The maximum Gasteiger partial charge on any atom is 0.305 e. The number of rotatable bonds is 6. The molecule has 1 fully saturated rings. The maximum atomic E-state index is 12.1. The third-order valence-corrected chi connectivity index (χ3v) is 3.23. The van der Waals surface area contributed by atoms with Crippen molar-refractivity contribution < 1.29 is 19.5 Å². The zero-order valence-electron chi connectivity index (χ0n) is 12.6. The van der Waals surface area contributed by atoms with Crippen molar-refractivity contribution in [3.63, 3.8) is 0 Å². The second-order valence-electron chi connectivity index (χ2n) is 6.54. The van der Waals surface area contributed by atoms with Crippen molar-refractivity contribution in [3.05, 3.63) is 0 Å². The molecule has 0 aromatic heterocycles. The Morgan fingerprint density at radius 2 is 2.05 bits per heavy atom. The topological polar surface area (TPSA) is 86.7 Å². The lowest BCUT2D eigenvalue weighted by Crippen LogP contribution is -2.47. The molecule has 2 amide bonds. The number of nitrogens with one attached hydrogen (secondary N) is 1. The molecule has 0 aromatic rings. The second kappa shape index (κ2) is 6.24. The van der Waals surface area contributed by atoms with E-state index in [2.05, 4.69) is 5.32 Å². The van der Waals surface area contributed by atoms with Gasteiger partial charge in [0.25, 0.3) is 0 Å². The number of aliphatic carboxylic acids is 1. The maximum absolute atomic E-state index is 12.1. The standard InChI is InChI=1S/C14H24N2O4/c1-9(2)7-16-8-10(5-11(16)17)13(20)15-14(3,4)6-12(18)19/h9-10H,5-8H2,1-4H3,(H,15,20)(H,18,19). The summed E-state index contributed by atoms with van der Waals surface area (Å²) >= 11 is 0. The molecule has 0 aromatic carbocycles. The van der Waals surface area contributed by atoms with Crippen molar-refractivity contribution in [1.82, 2.24) is 10.2 Å². The lowest BCUT2D eigenvalue weighted by Gasteiger charge is -2.26. The Morgan fingerprint density at radius 3 is 2.55 bits per heavy atom. The Hall–Kier alpha value is -1.59. The van der Waals surface area contributed by atoms with Crippen LogP contribution in [0.1, 0.15) is 40.5 Å². The van der Waals surface area contributed by atoms with Crippen LogP contribution in [0.5, 0.6) is 0 Å². The first kappa shape index (κ1) is 16.5. The smallest absolute Gasteiger partial charge is 0.305 e. The van der Waals surface area contributed by atoms with E-state index < -0.39 is 11.5 Å². The van der Waals surface area contributed by atoms with Crippen LogP contribution < -0.4 is 5.32 Å². The van der Waals surface area contributed by atoms with Gasteiger partial charge < -0.3 is 15.3 Å². The van der Waals surface area contributed by atoms with E-state index in [9.17, 15) is 14.4 Å². The monoisotopic (exact) mass is 284 g/mol. The second-order valence-corrected chi connectivity index (χ2v) is 6.54. The molecule has 114 valence electrons. The van der Waals surface area contributed by atoms with E-state index in [4.69, 9.17) is 5.11 Å². The first-order valence-electron chi connectivity index (χ1n) is 6.92. The summed E-state index contributed by atoms with van der Waals surface area (Å²) in [6, 6.07) is 0. The third kappa shape index (κ3) is 4.83. The van der Waals surface area contributed by atoms with E-state index in [1.807, 2.05) is 13.8 Å². The number of carboxylic acid groups (broad SMARTS) is 1. The van der Waals surface area contributed by atoms with E-state index >= 15 is 0 Å². The Balaban J connectivity index is 2.57. The van der Waals surface area contributed by atoms with Gasteiger partial charge in [-0.3, -0.25) is 14.4 Å². The van der Waals surface area contributed by atoms with E-state index in [1.54, 1.807) is 18.7 Å². The Kier molecular flexibility index (Phi) is 5.14. The summed E-state index contributed by atoms with van der Waals surface area (Å²) in [5, 5.41) is 11.5. The predicted octanol–water partition coefficient (Wildman–Crippen LogP) is 0.860. The molecular weight excluding hydrogens is 260 g/mol. The molecule has 0 spiro atoms. The summed E-state index contributed by atoms with van der Waals surface area (Å²) < 4.78 is 0. The van der Waals surface area contributed by atoms with Crippen molar-refractivity contribution in [1.29, 1.82) is 0 Å². The number of carboxylic acids is 1. The number of likely N-dealkylation sites (tertiary alicyclic amines) is 1. The Labute approximate surface area is 119 Å². The van der Waals surface area contributed by atoms with Crippen molar-refractivity contribution in [2.75, 3.05) is 13.1 Å². The van der Waals surface area contributed by atoms with E-state index in [-0.39, 0.29) is 30.6 Å². The van der Waals surface area contributed by atoms with Crippen LogP contribution >= 0.6 is 0 Å².